The second-order valence-electron chi connectivity index (χ2n) is 9.32. The summed E-state index contributed by atoms with van der Waals surface area (Å²) in [6, 6.07) is 2.77. The Hall–Kier alpha value is -4.07. The predicted octanol–water partition coefficient (Wildman–Crippen LogP) is 5.11. The number of amides is 1. The molecule has 0 spiro atoms. The fourth-order valence-electron chi connectivity index (χ4n) is 3.54. The van der Waals surface area contributed by atoms with Gasteiger partial charge >= 0.3 is 12.1 Å². The number of carbonyl (C=O) groups excluding carboxylic acids is 2. The maximum atomic E-state index is 13.6. The Labute approximate surface area is 225 Å². The van der Waals surface area contributed by atoms with Gasteiger partial charge in [-0.05, 0) is 32.9 Å². The van der Waals surface area contributed by atoms with Gasteiger partial charge in [0.15, 0.2) is 5.13 Å². The van der Waals surface area contributed by atoms with Gasteiger partial charge in [-0.15, -0.1) is 11.3 Å². The van der Waals surface area contributed by atoms with Crippen molar-refractivity contribution in [3.05, 3.63) is 41.0 Å². The Kier molecular flexibility index (Phi) is 8.58. The van der Waals surface area contributed by atoms with Crippen LogP contribution in [0.3, 0.4) is 0 Å². The van der Waals surface area contributed by atoms with Crippen LogP contribution in [0, 0.1) is 0 Å². The first-order valence-electron chi connectivity index (χ1n) is 11.5. The number of ether oxygens (including phenoxy) is 1. The molecule has 0 aromatic carbocycles. The molecule has 0 bridgehead atoms. The largest absolute Gasteiger partial charge is 0.486 e. The van der Waals surface area contributed by atoms with Crippen molar-refractivity contribution in [3.8, 4) is 17.1 Å². The number of aromatic nitrogens is 3. The van der Waals surface area contributed by atoms with E-state index in [0.29, 0.717) is 11.4 Å². The minimum atomic E-state index is -4.67. The van der Waals surface area contributed by atoms with Gasteiger partial charge in [-0.2, -0.15) is 13.2 Å². The number of carboxylic acids is 1. The number of fused-ring (bicyclic) bond motifs is 1. The van der Waals surface area contributed by atoms with Gasteiger partial charge in [-0.3, -0.25) is 19.4 Å². The number of rotatable bonds is 6. The first kappa shape index (κ1) is 29.5. The lowest BCUT2D eigenvalue weighted by Gasteiger charge is -2.18. The maximum absolute atomic E-state index is 13.6. The van der Waals surface area contributed by atoms with Gasteiger partial charge in [0, 0.05) is 31.3 Å². The Morgan fingerprint density at radius 1 is 1.15 bits per heavy atom. The van der Waals surface area contributed by atoms with E-state index in [1.54, 1.807) is 11.6 Å². The summed E-state index contributed by atoms with van der Waals surface area (Å²) in [7, 11) is 1.38. The number of halogens is 3. The molecule has 0 aliphatic carbocycles. The molecule has 39 heavy (non-hydrogen) atoms. The smallest absolute Gasteiger partial charge is 0.420 e. The third kappa shape index (κ3) is 7.72. The van der Waals surface area contributed by atoms with Crippen LogP contribution in [-0.4, -0.2) is 50.4 Å². The fraction of sp³-hybridized carbons (Fsp3) is 0.360. The molecule has 1 aliphatic heterocycles. The molecule has 0 unspecified atom stereocenters. The zero-order valence-corrected chi connectivity index (χ0v) is 22.5. The number of aliphatic carboxylic acids is 1. The molecule has 0 radical (unpaired) electrons. The van der Waals surface area contributed by atoms with E-state index < -0.39 is 29.4 Å². The number of thiazole rings is 1. The maximum Gasteiger partial charge on any atom is 0.420 e. The number of nitrogens with zero attached hydrogens (tertiary/aromatic N) is 4. The average molecular weight is 566 g/mol. The van der Waals surface area contributed by atoms with Gasteiger partial charge in [-0.25, -0.2) is 9.97 Å². The van der Waals surface area contributed by atoms with Crippen molar-refractivity contribution >= 4 is 45.6 Å². The van der Waals surface area contributed by atoms with Crippen molar-refractivity contribution in [2.45, 2.75) is 52.3 Å². The first-order valence-corrected chi connectivity index (χ1v) is 12.4. The van der Waals surface area contributed by atoms with Crippen LogP contribution in [0.15, 0.2) is 29.9 Å². The Morgan fingerprint density at radius 2 is 1.85 bits per heavy atom. The molecule has 1 aliphatic rings. The molecule has 10 nitrogen and oxygen atoms in total. The van der Waals surface area contributed by atoms with Crippen LogP contribution in [0.1, 0.15) is 45.2 Å². The SMILES string of the molecule is CC(=O)CC(=O)O.CC(=O)N(C)c1cnc(Nc2nc(-c3cc4c(cn3)OC(C)(C)C4)cs2)c(C(F)(F)F)c1. The van der Waals surface area contributed by atoms with Gasteiger partial charge in [0.25, 0.3) is 0 Å². The van der Waals surface area contributed by atoms with Crippen LogP contribution in [0.4, 0.5) is 29.8 Å². The number of ketones is 1. The lowest BCUT2D eigenvalue weighted by Crippen LogP contribution is -2.24. The molecule has 2 N–H and O–H groups in total. The minimum Gasteiger partial charge on any atom is -0.486 e. The molecule has 1 amide bonds. The van der Waals surface area contributed by atoms with E-state index in [1.807, 2.05) is 19.9 Å². The molecule has 208 valence electrons. The lowest BCUT2D eigenvalue weighted by atomic mass is 10.0. The van der Waals surface area contributed by atoms with Crippen molar-refractivity contribution in [2.24, 2.45) is 0 Å². The van der Waals surface area contributed by atoms with Gasteiger partial charge in [0.05, 0.1) is 23.8 Å². The minimum absolute atomic E-state index is 0.0442. The van der Waals surface area contributed by atoms with Crippen molar-refractivity contribution < 1.29 is 37.4 Å². The molecule has 0 saturated carbocycles. The topological polar surface area (TPSA) is 135 Å². The zero-order valence-electron chi connectivity index (χ0n) is 21.7. The summed E-state index contributed by atoms with van der Waals surface area (Å²) in [4.78, 5) is 44.7. The molecular weight excluding hydrogens is 539 g/mol. The summed E-state index contributed by atoms with van der Waals surface area (Å²) < 4.78 is 46.7. The summed E-state index contributed by atoms with van der Waals surface area (Å²) in [5, 5.41) is 12.5. The normalized spacial score (nSPS) is 13.4. The second kappa shape index (κ2) is 11.4. The van der Waals surface area contributed by atoms with Gasteiger partial charge in [0.2, 0.25) is 5.91 Å². The molecule has 14 heteroatoms. The van der Waals surface area contributed by atoms with E-state index in [9.17, 15) is 27.6 Å². The number of carboxylic acid groups (broad SMARTS) is 1. The number of anilines is 3. The number of nitrogens with one attached hydrogen (secondary N) is 1. The van der Waals surface area contributed by atoms with Crippen LogP contribution >= 0.6 is 11.3 Å². The average Bonchev–Trinajstić information content (AvgIpc) is 3.39. The fourth-order valence-corrected chi connectivity index (χ4v) is 4.25. The van der Waals surface area contributed by atoms with Crippen LogP contribution in [-0.2, 0) is 27.0 Å². The third-order valence-corrected chi connectivity index (χ3v) is 6.14. The van der Waals surface area contributed by atoms with Gasteiger partial charge in [0.1, 0.15) is 40.6 Å². The highest BCUT2D eigenvalue weighted by Gasteiger charge is 2.36. The Balaban J connectivity index is 0.000000532. The van der Waals surface area contributed by atoms with Gasteiger partial charge < -0.3 is 20.1 Å². The summed E-state index contributed by atoms with van der Waals surface area (Å²) in [5.74, 6) is -1.45. The summed E-state index contributed by atoms with van der Waals surface area (Å²) >= 11 is 1.14. The lowest BCUT2D eigenvalue weighted by molar-refractivity contribution is -0.140. The molecule has 0 saturated heterocycles. The van der Waals surface area contributed by atoms with E-state index >= 15 is 0 Å². The number of hydrogen-bond acceptors (Lipinski definition) is 9. The number of Topliss-reactive ketones (excluding diaryl/α,β-unsaturated/α-hetero) is 1. The van der Waals surface area contributed by atoms with Crippen molar-refractivity contribution in [1.82, 2.24) is 15.0 Å². The van der Waals surface area contributed by atoms with Gasteiger partial charge in [-0.1, -0.05) is 0 Å². The molecule has 0 atom stereocenters. The molecule has 4 rings (SSSR count). The highest BCUT2D eigenvalue weighted by atomic mass is 32.1. The highest BCUT2D eigenvalue weighted by Crippen LogP contribution is 2.39. The van der Waals surface area contributed by atoms with E-state index in [-0.39, 0.29) is 28.6 Å². The summed E-state index contributed by atoms with van der Waals surface area (Å²) in [6.45, 7) is 6.48. The zero-order chi connectivity index (χ0) is 29.1. The molecule has 4 heterocycles. The first-order chi connectivity index (χ1) is 18.1. The Morgan fingerprint density at radius 3 is 2.41 bits per heavy atom. The second-order valence-corrected chi connectivity index (χ2v) is 10.2. The quantitative estimate of drug-likeness (QED) is 0.391. The van der Waals surface area contributed by atoms with Crippen LogP contribution in [0.2, 0.25) is 0 Å². The van der Waals surface area contributed by atoms with Crippen molar-refractivity contribution in [2.75, 3.05) is 17.3 Å². The van der Waals surface area contributed by atoms with Crippen molar-refractivity contribution in [3.63, 3.8) is 0 Å². The monoisotopic (exact) mass is 565 g/mol. The van der Waals surface area contributed by atoms with Crippen LogP contribution in [0.25, 0.3) is 11.4 Å². The highest BCUT2D eigenvalue weighted by molar-refractivity contribution is 7.14. The predicted molar refractivity (Wildman–Crippen MR) is 138 cm³/mol. The summed E-state index contributed by atoms with van der Waals surface area (Å²) in [6.07, 6.45) is -1.46. The summed E-state index contributed by atoms with van der Waals surface area (Å²) in [5.41, 5.74) is 0.897. The Bertz CT molecular complexity index is 1390. The number of hydrogen-bond donors (Lipinski definition) is 2. The molecule has 3 aromatic rings. The van der Waals surface area contributed by atoms with Crippen molar-refractivity contribution in [1.29, 1.82) is 0 Å². The number of pyridine rings is 2. The molecule has 3 aromatic heterocycles. The number of alkyl halides is 3. The van der Waals surface area contributed by atoms with E-state index in [4.69, 9.17) is 9.84 Å². The third-order valence-electron chi connectivity index (χ3n) is 5.38. The van der Waals surface area contributed by atoms with E-state index in [2.05, 4.69) is 20.3 Å². The number of carbonyl (C=O) groups is 3. The van der Waals surface area contributed by atoms with Crippen LogP contribution in [0.5, 0.6) is 5.75 Å². The van der Waals surface area contributed by atoms with E-state index in [1.165, 1.54) is 27.1 Å². The standard InChI is InChI=1S/C21H20F3N5O2S.C4H6O3/c1-11(30)29(4)13-6-14(21(22,23)24)18(26-8-13)28-19-27-16(10-32-19)15-5-12-7-20(2,3)31-17(12)9-25-15;1-3(5)2-4(6)7/h5-6,8-10H,7H2,1-4H3,(H,26,27,28);2H2,1H3,(H,6,7). The van der Waals surface area contributed by atoms with Crippen LogP contribution < -0.4 is 15.0 Å². The molecular formula is C25H26F3N5O5S. The molecule has 0 fully saturated rings. The van der Waals surface area contributed by atoms with E-state index in [0.717, 1.165) is 40.0 Å².